The third-order valence-electron chi connectivity index (χ3n) is 3.98. The van der Waals surface area contributed by atoms with Gasteiger partial charge in [-0.05, 0) is 31.2 Å². The van der Waals surface area contributed by atoms with Gasteiger partial charge < -0.3 is 10.4 Å². The lowest BCUT2D eigenvalue weighted by Crippen LogP contribution is -2.37. The zero-order valence-electron chi connectivity index (χ0n) is 11.3. The summed E-state index contributed by atoms with van der Waals surface area (Å²) in [4.78, 5) is 1.20. The molecule has 2 N–H and O–H groups in total. The molecule has 1 heterocycles. The van der Waals surface area contributed by atoms with Crippen LogP contribution in [0.2, 0.25) is 0 Å². The minimum Gasteiger partial charge on any atom is -0.396 e. The van der Waals surface area contributed by atoms with Crippen molar-refractivity contribution in [3.63, 3.8) is 0 Å². The third-order valence-corrected chi connectivity index (χ3v) is 4.92. The maximum atomic E-state index is 9.23. The van der Waals surface area contributed by atoms with Crippen LogP contribution in [0, 0.1) is 17.2 Å². The highest BCUT2D eigenvalue weighted by Gasteiger charge is 2.22. The summed E-state index contributed by atoms with van der Waals surface area (Å²) in [5, 5.41) is 23.5. The Bertz CT molecular complexity index is 418. The van der Waals surface area contributed by atoms with Crippen LogP contribution in [0.1, 0.15) is 49.0 Å². The summed E-state index contributed by atoms with van der Waals surface area (Å²) in [7, 11) is 0. The second-order valence-corrected chi connectivity index (χ2v) is 6.31. The molecular weight excluding hydrogens is 256 g/mol. The van der Waals surface area contributed by atoms with Gasteiger partial charge in [0.1, 0.15) is 6.07 Å². The van der Waals surface area contributed by atoms with Gasteiger partial charge in [-0.3, -0.25) is 0 Å². The summed E-state index contributed by atoms with van der Waals surface area (Å²) in [6, 6.07) is 4.53. The molecule has 104 valence electrons. The maximum absolute atomic E-state index is 9.23. The standard InChI is InChI=1S/C15H22N2OS/c16-9-12-8-14(19-11-12)10-17-15(6-7-18)13-4-2-1-3-5-13/h8,11,13,15,17-18H,1-7,10H2. The van der Waals surface area contributed by atoms with Gasteiger partial charge in [0.05, 0.1) is 5.56 Å². The van der Waals surface area contributed by atoms with E-state index in [2.05, 4.69) is 11.4 Å². The highest BCUT2D eigenvalue weighted by atomic mass is 32.1. The van der Waals surface area contributed by atoms with E-state index >= 15 is 0 Å². The summed E-state index contributed by atoms with van der Waals surface area (Å²) >= 11 is 1.63. The molecule has 2 rings (SSSR count). The normalized spacial score (nSPS) is 18.1. The van der Waals surface area contributed by atoms with Gasteiger partial charge in [-0.1, -0.05) is 19.3 Å². The predicted molar refractivity (Wildman–Crippen MR) is 77.9 cm³/mol. The van der Waals surface area contributed by atoms with Crippen molar-refractivity contribution in [3.8, 4) is 6.07 Å². The predicted octanol–water partition coefficient (Wildman–Crippen LogP) is 3.04. The van der Waals surface area contributed by atoms with Crippen LogP contribution in [-0.4, -0.2) is 17.8 Å². The Morgan fingerprint density at radius 1 is 1.42 bits per heavy atom. The lowest BCUT2D eigenvalue weighted by molar-refractivity contribution is 0.206. The smallest absolute Gasteiger partial charge is 0.100 e. The number of aliphatic hydroxyl groups excluding tert-OH is 1. The molecule has 1 atom stereocenters. The average Bonchev–Trinajstić information content (AvgIpc) is 2.92. The first kappa shape index (κ1) is 14.5. The van der Waals surface area contributed by atoms with Crippen LogP contribution in [0.3, 0.4) is 0 Å². The van der Waals surface area contributed by atoms with Gasteiger partial charge in [0, 0.05) is 29.5 Å². The Morgan fingerprint density at radius 2 is 2.21 bits per heavy atom. The monoisotopic (exact) mass is 278 g/mol. The third kappa shape index (κ3) is 4.31. The Kier molecular flexibility index (Phi) is 5.84. The van der Waals surface area contributed by atoms with Crippen molar-refractivity contribution in [2.75, 3.05) is 6.61 Å². The van der Waals surface area contributed by atoms with E-state index in [9.17, 15) is 5.11 Å². The van der Waals surface area contributed by atoms with E-state index in [1.165, 1.54) is 37.0 Å². The number of nitrogens with zero attached hydrogens (tertiary/aromatic N) is 1. The second-order valence-electron chi connectivity index (χ2n) is 5.31. The van der Waals surface area contributed by atoms with Crippen LogP contribution < -0.4 is 5.32 Å². The van der Waals surface area contributed by atoms with Crippen molar-refractivity contribution in [1.29, 1.82) is 5.26 Å². The molecule has 4 heteroatoms. The van der Waals surface area contributed by atoms with Crippen LogP contribution in [0.25, 0.3) is 0 Å². The largest absolute Gasteiger partial charge is 0.396 e. The van der Waals surface area contributed by atoms with Gasteiger partial charge in [-0.15, -0.1) is 11.3 Å². The fourth-order valence-corrected chi connectivity index (χ4v) is 3.70. The van der Waals surface area contributed by atoms with Gasteiger partial charge in [0.2, 0.25) is 0 Å². The van der Waals surface area contributed by atoms with Crippen molar-refractivity contribution < 1.29 is 5.11 Å². The molecule has 0 saturated heterocycles. The van der Waals surface area contributed by atoms with Crippen molar-refractivity contribution in [2.45, 2.75) is 51.1 Å². The quantitative estimate of drug-likeness (QED) is 0.841. The molecule has 1 fully saturated rings. The van der Waals surface area contributed by atoms with E-state index < -0.39 is 0 Å². The molecule has 1 aliphatic carbocycles. The molecule has 0 bridgehead atoms. The number of hydrogen-bond donors (Lipinski definition) is 2. The Hall–Kier alpha value is -0.890. The van der Waals surface area contributed by atoms with Gasteiger partial charge >= 0.3 is 0 Å². The first-order valence-electron chi connectivity index (χ1n) is 7.15. The van der Waals surface area contributed by atoms with Crippen LogP contribution in [-0.2, 0) is 6.54 Å². The lowest BCUT2D eigenvalue weighted by atomic mass is 9.83. The topological polar surface area (TPSA) is 56.0 Å². The van der Waals surface area contributed by atoms with Crippen molar-refractivity contribution in [1.82, 2.24) is 5.32 Å². The molecule has 19 heavy (non-hydrogen) atoms. The number of rotatable bonds is 6. The number of hydrogen-bond acceptors (Lipinski definition) is 4. The Labute approximate surface area is 119 Å². The first-order valence-corrected chi connectivity index (χ1v) is 8.03. The van der Waals surface area contributed by atoms with Crippen LogP contribution in [0.4, 0.5) is 0 Å². The Morgan fingerprint density at radius 3 is 2.84 bits per heavy atom. The number of nitriles is 1. The van der Waals surface area contributed by atoms with E-state index in [0.717, 1.165) is 18.5 Å². The van der Waals surface area contributed by atoms with Crippen molar-refractivity contribution in [2.24, 2.45) is 5.92 Å². The SMILES string of the molecule is N#Cc1csc(CNC(CCO)C2CCCCC2)c1. The maximum Gasteiger partial charge on any atom is 0.100 e. The summed E-state index contributed by atoms with van der Waals surface area (Å²) < 4.78 is 0. The van der Waals surface area contributed by atoms with Crippen LogP contribution >= 0.6 is 11.3 Å². The molecule has 1 unspecified atom stereocenters. The molecule has 0 radical (unpaired) electrons. The lowest BCUT2D eigenvalue weighted by Gasteiger charge is -2.30. The van der Waals surface area contributed by atoms with Gasteiger partial charge in [-0.2, -0.15) is 5.26 Å². The van der Waals surface area contributed by atoms with Gasteiger partial charge in [0.15, 0.2) is 0 Å². The number of thiophene rings is 1. The zero-order valence-corrected chi connectivity index (χ0v) is 12.1. The summed E-state index contributed by atoms with van der Waals surface area (Å²) in [5.74, 6) is 0.705. The molecule has 1 aliphatic rings. The van der Waals surface area contributed by atoms with E-state index in [4.69, 9.17) is 5.26 Å². The van der Waals surface area contributed by atoms with Gasteiger partial charge in [0.25, 0.3) is 0 Å². The average molecular weight is 278 g/mol. The van der Waals surface area contributed by atoms with Crippen molar-refractivity contribution >= 4 is 11.3 Å². The molecule has 1 saturated carbocycles. The van der Waals surface area contributed by atoms with Crippen molar-refractivity contribution in [3.05, 3.63) is 21.9 Å². The first-order chi connectivity index (χ1) is 9.33. The van der Waals surface area contributed by atoms with E-state index in [1.807, 2.05) is 11.4 Å². The van der Waals surface area contributed by atoms with E-state index in [-0.39, 0.29) is 6.61 Å². The number of nitrogens with one attached hydrogen (secondary N) is 1. The fourth-order valence-electron chi connectivity index (χ4n) is 2.94. The number of aliphatic hydroxyl groups is 1. The molecular formula is C15H22N2OS. The summed E-state index contributed by atoms with van der Waals surface area (Å²) in [6.45, 7) is 1.07. The molecule has 0 aliphatic heterocycles. The summed E-state index contributed by atoms with van der Waals surface area (Å²) in [5.41, 5.74) is 0.748. The van der Waals surface area contributed by atoms with E-state index in [0.29, 0.717) is 12.0 Å². The fraction of sp³-hybridized carbons (Fsp3) is 0.667. The molecule has 1 aromatic rings. The Balaban J connectivity index is 1.87. The molecule has 3 nitrogen and oxygen atoms in total. The minimum absolute atomic E-state index is 0.252. The van der Waals surface area contributed by atoms with Crippen LogP contribution in [0.5, 0.6) is 0 Å². The van der Waals surface area contributed by atoms with Crippen LogP contribution in [0.15, 0.2) is 11.4 Å². The highest BCUT2D eigenvalue weighted by molar-refractivity contribution is 7.10. The minimum atomic E-state index is 0.252. The molecule has 1 aromatic heterocycles. The van der Waals surface area contributed by atoms with E-state index in [1.54, 1.807) is 11.3 Å². The second kappa shape index (κ2) is 7.64. The molecule has 0 spiro atoms. The van der Waals surface area contributed by atoms with Gasteiger partial charge in [-0.25, -0.2) is 0 Å². The molecule has 0 aromatic carbocycles. The summed E-state index contributed by atoms with van der Waals surface area (Å²) in [6.07, 6.45) is 7.41. The zero-order chi connectivity index (χ0) is 13.5. The molecule has 0 amide bonds. The highest BCUT2D eigenvalue weighted by Crippen LogP contribution is 2.28.